The number of fused-ring (bicyclic) bond motifs is 3. The molecule has 2 aliphatic rings. The highest BCUT2D eigenvalue weighted by Crippen LogP contribution is 2.39. The summed E-state index contributed by atoms with van der Waals surface area (Å²) in [7, 11) is 0. The van der Waals surface area contributed by atoms with Gasteiger partial charge in [-0.25, -0.2) is 0 Å². The van der Waals surface area contributed by atoms with Crippen LogP contribution in [0.2, 0.25) is 0 Å². The Bertz CT molecular complexity index is 2600. The molecule has 0 amide bonds. The molecule has 6 aromatic rings. The average Bonchev–Trinajstić information content (AvgIpc) is 3.47. The minimum absolute atomic E-state index is 0.291. The molecule has 53 heavy (non-hydrogen) atoms. The predicted octanol–water partition coefficient (Wildman–Crippen LogP) is 9.11. The van der Waals surface area contributed by atoms with E-state index in [9.17, 15) is 0 Å². The number of hydrogen-bond acceptors (Lipinski definition) is 3. The van der Waals surface area contributed by atoms with Crippen LogP contribution in [0.15, 0.2) is 158 Å². The van der Waals surface area contributed by atoms with Crippen molar-refractivity contribution in [2.75, 3.05) is 11.5 Å². The monoisotopic (exact) mass is 688 g/mol. The first-order valence-corrected chi connectivity index (χ1v) is 18.3. The van der Waals surface area contributed by atoms with E-state index < -0.39 is 0 Å². The smallest absolute Gasteiger partial charge is 0.0627 e. The lowest BCUT2D eigenvalue weighted by Crippen LogP contribution is -2.39. The number of allylic oxidation sites excluding steroid dienone is 6. The molecular weight excluding hydrogens is 645 g/mol. The van der Waals surface area contributed by atoms with E-state index in [4.69, 9.17) is 17.2 Å². The molecule has 0 radical (unpaired) electrons. The van der Waals surface area contributed by atoms with Gasteiger partial charge in [-0.15, -0.1) is 0 Å². The highest BCUT2D eigenvalue weighted by Gasteiger charge is 2.30. The number of rotatable bonds is 9. The van der Waals surface area contributed by atoms with Crippen molar-refractivity contribution in [1.82, 2.24) is 4.57 Å². The van der Waals surface area contributed by atoms with Gasteiger partial charge in [0.25, 0.3) is 0 Å². The van der Waals surface area contributed by atoms with Crippen molar-refractivity contribution in [2.24, 2.45) is 17.6 Å². The standard InChI is InChI=1S/C49H44N4/c1-33-44-32-34(26-29-46(44)53(45(33)30-31-50)38-19-6-3-7-20-38)14-12-17-36-27-28-37(49(52)48(36)51)18-13-25-39-40-21-8-10-23-42(40)47(35-15-4-2-5-16-35)43-24-11-9-22-41(39)43/h2-13,15-24,26-32,40,42H,14,25,50-52H2,1H3/b17-12-,18-13-,31-30-. The number of nitrogens with two attached hydrogens (primary N) is 3. The van der Waals surface area contributed by atoms with Crippen LogP contribution in [0.4, 0.5) is 11.4 Å². The quantitative estimate of drug-likeness (QED) is 0.133. The predicted molar refractivity (Wildman–Crippen MR) is 226 cm³/mol. The maximum absolute atomic E-state index is 6.66. The Kier molecular flexibility index (Phi) is 9.27. The van der Waals surface area contributed by atoms with Gasteiger partial charge in [0.1, 0.15) is 0 Å². The number of benzene rings is 5. The topological polar surface area (TPSA) is 83.0 Å². The summed E-state index contributed by atoms with van der Waals surface area (Å²) in [6.45, 7) is 2.16. The fraction of sp³-hybridized carbons (Fsp3) is 0.102. The summed E-state index contributed by atoms with van der Waals surface area (Å²) >= 11 is 0. The molecule has 2 atom stereocenters. The van der Waals surface area contributed by atoms with Gasteiger partial charge in [-0.1, -0.05) is 145 Å². The Hall–Kier alpha value is -6.52. The van der Waals surface area contributed by atoms with Crippen LogP contribution in [0.25, 0.3) is 46.0 Å². The van der Waals surface area contributed by atoms with Crippen molar-refractivity contribution in [3.8, 4) is 5.69 Å². The molecule has 6 N–H and O–H groups in total. The van der Waals surface area contributed by atoms with Gasteiger partial charge in [-0.3, -0.25) is 0 Å². The van der Waals surface area contributed by atoms with Crippen LogP contribution in [0.3, 0.4) is 0 Å². The number of aromatic nitrogens is 1. The molecule has 0 spiro atoms. The second kappa shape index (κ2) is 14.6. The summed E-state index contributed by atoms with van der Waals surface area (Å²) in [5.74, 6) is 0.586. The number of anilines is 2. The lowest BCUT2D eigenvalue weighted by atomic mass is 9.71. The Morgan fingerprint density at radius 1 is 0.642 bits per heavy atom. The van der Waals surface area contributed by atoms with Crippen molar-refractivity contribution in [3.63, 3.8) is 0 Å². The van der Waals surface area contributed by atoms with Gasteiger partial charge in [0, 0.05) is 22.9 Å². The van der Waals surface area contributed by atoms with Gasteiger partial charge in [-0.2, -0.15) is 0 Å². The maximum Gasteiger partial charge on any atom is 0.0627 e. The SMILES string of the molecule is Cc1c(/C=C\N)n(-c2ccccc2)c2ccc(C/C=C\c3ccc(/C=C\CC4=c5ccccc5=C(c5ccccc5)C5C=CC=CC45)c(N)c3N)cc12. The third-order valence-electron chi connectivity index (χ3n) is 10.8. The zero-order valence-corrected chi connectivity index (χ0v) is 30.0. The fourth-order valence-electron chi connectivity index (χ4n) is 8.17. The van der Waals surface area contributed by atoms with Gasteiger partial charge in [0.2, 0.25) is 0 Å². The second-order valence-electron chi connectivity index (χ2n) is 13.8. The van der Waals surface area contributed by atoms with Crippen LogP contribution in [-0.2, 0) is 6.42 Å². The largest absolute Gasteiger partial charge is 0.405 e. The summed E-state index contributed by atoms with van der Waals surface area (Å²) in [5.41, 5.74) is 32.1. The van der Waals surface area contributed by atoms with E-state index >= 15 is 0 Å². The van der Waals surface area contributed by atoms with Crippen LogP contribution in [0, 0.1) is 18.8 Å². The number of aryl methyl sites for hydroxylation is 1. The van der Waals surface area contributed by atoms with Gasteiger partial charge < -0.3 is 21.8 Å². The second-order valence-corrected chi connectivity index (χ2v) is 13.8. The van der Waals surface area contributed by atoms with Crippen molar-refractivity contribution >= 4 is 51.7 Å². The molecule has 4 heteroatoms. The lowest BCUT2D eigenvalue weighted by molar-refractivity contribution is 0.674. The summed E-state index contributed by atoms with van der Waals surface area (Å²) < 4.78 is 2.27. The maximum atomic E-state index is 6.66. The number of hydrogen-bond donors (Lipinski definition) is 3. The Labute approximate surface area is 311 Å². The van der Waals surface area contributed by atoms with E-state index in [0.717, 1.165) is 40.9 Å². The molecule has 8 rings (SSSR count). The van der Waals surface area contributed by atoms with Gasteiger partial charge >= 0.3 is 0 Å². The highest BCUT2D eigenvalue weighted by molar-refractivity contribution is 5.90. The molecule has 2 unspecified atom stereocenters. The molecule has 0 aliphatic heterocycles. The first-order chi connectivity index (χ1) is 26.0. The van der Waals surface area contributed by atoms with E-state index in [1.165, 1.54) is 43.7 Å². The Balaban J connectivity index is 1.03. The summed E-state index contributed by atoms with van der Waals surface area (Å²) in [5, 5.41) is 3.85. The minimum Gasteiger partial charge on any atom is -0.405 e. The molecule has 4 nitrogen and oxygen atoms in total. The Morgan fingerprint density at radius 3 is 1.96 bits per heavy atom. The molecule has 0 saturated heterocycles. The third-order valence-corrected chi connectivity index (χ3v) is 10.8. The molecule has 1 heterocycles. The Morgan fingerprint density at radius 2 is 1.26 bits per heavy atom. The zero-order chi connectivity index (χ0) is 36.3. The number of nitrogens with zero attached hydrogens (tertiary/aromatic N) is 1. The van der Waals surface area contributed by atoms with E-state index in [0.29, 0.717) is 23.2 Å². The first-order valence-electron chi connectivity index (χ1n) is 18.3. The van der Waals surface area contributed by atoms with Gasteiger partial charge in [-0.05, 0) is 100 Å². The number of nitrogen functional groups attached to an aromatic ring is 2. The first kappa shape index (κ1) is 33.6. The van der Waals surface area contributed by atoms with Crippen LogP contribution < -0.4 is 27.6 Å². The molecular formula is C49H44N4. The molecule has 0 saturated carbocycles. The molecule has 2 aliphatic carbocycles. The van der Waals surface area contributed by atoms with Gasteiger partial charge in [0.05, 0.1) is 22.6 Å². The van der Waals surface area contributed by atoms with Gasteiger partial charge in [0.15, 0.2) is 0 Å². The molecule has 0 fully saturated rings. The van der Waals surface area contributed by atoms with E-state index in [2.05, 4.69) is 169 Å². The molecule has 1 aromatic heterocycles. The highest BCUT2D eigenvalue weighted by atomic mass is 15.0. The van der Waals surface area contributed by atoms with Crippen LogP contribution >= 0.6 is 0 Å². The molecule has 0 bridgehead atoms. The van der Waals surface area contributed by atoms with Crippen molar-refractivity contribution in [2.45, 2.75) is 19.8 Å². The average molecular weight is 689 g/mol. The van der Waals surface area contributed by atoms with Crippen molar-refractivity contribution in [3.05, 3.63) is 202 Å². The summed E-state index contributed by atoms with van der Waals surface area (Å²) in [6, 6.07) is 40.9. The van der Waals surface area contributed by atoms with Crippen LogP contribution in [0.1, 0.15) is 39.9 Å². The lowest BCUT2D eigenvalue weighted by Gasteiger charge is -2.33. The molecule has 5 aromatic carbocycles. The minimum atomic E-state index is 0.291. The van der Waals surface area contributed by atoms with Crippen molar-refractivity contribution in [1.29, 1.82) is 0 Å². The number of para-hydroxylation sites is 1. The van der Waals surface area contributed by atoms with E-state index in [1.54, 1.807) is 6.20 Å². The van der Waals surface area contributed by atoms with Crippen LogP contribution in [-0.4, -0.2) is 4.57 Å². The van der Waals surface area contributed by atoms with E-state index in [1.807, 2.05) is 12.1 Å². The van der Waals surface area contributed by atoms with E-state index in [-0.39, 0.29) is 0 Å². The normalized spacial score (nSPS) is 16.7. The zero-order valence-electron chi connectivity index (χ0n) is 30.0. The molecule has 260 valence electrons. The van der Waals surface area contributed by atoms with Crippen LogP contribution in [0.5, 0.6) is 0 Å². The third kappa shape index (κ3) is 6.34. The van der Waals surface area contributed by atoms with Crippen molar-refractivity contribution < 1.29 is 0 Å². The summed E-state index contributed by atoms with van der Waals surface area (Å²) in [4.78, 5) is 0. The summed E-state index contributed by atoms with van der Waals surface area (Å²) in [6.07, 6.45) is 22.9. The fourth-order valence-corrected chi connectivity index (χ4v) is 8.17.